The lowest BCUT2D eigenvalue weighted by Crippen LogP contribution is -2.38. The molecule has 0 aliphatic rings. The standard InChI is InChI=1S/C9H17NO7/c11-3-1-10(2-4-12)9(15)17-6-8(14)5-16-7-13/h7-8,11-12,14H,1-6H2. The third-order valence-corrected chi connectivity index (χ3v) is 1.75. The monoisotopic (exact) mass is 251 g/mol. The third-order valence-electron chi connectivity index (χ3n) is 1.75. The van der Waals surface area contributed by atoms with Crippen LogP contribution in [0.5, 0.6) is 0 Å². The summed E-state index contributed by atoms with van der Waals surface area (Å²) in [5.74, 6) is 0. The molecular formula is C9H17NO7. The number of rotatable bonds is 9. The largest absolute Gasteiger partial charge is 0.465 e. The van der Waals surface area contributed by atoms with Gasteiger partial charge in [-0.05, 0) is 0 Å². The van der Waals surface area contributed by atoms with E-state index in [1.54, 1.807) is 0 Å². The fourth-order valence-electron chi connectivity index (χ4n) is 0.993. The lowest BCUT2D eigenvalue weighted by atomic mass is 10.4. The van der Waals surface area contributed by atoms with E-state index in [2.05, 4.69) is 9.47 Å². The Kier molecular flexibility index (Phi) is 9.02. The minimum atomic E-state index is -1.10. The van der Waals surface area contributed by atoms with Crippen molar-refractivity contribution in [1.82, 2.24) is 4.90 Å². The van der Waals surface area contributed by atoms with Crippen molar-refractivity contribution in [2.75, 3.05) is 39.5 Å². The molecule has 0 spiro atoms. The van der Waals surface area contributed by atoms with Gasteiger partial charge in [-0.15, -0.1) is 0 Å². The van der Waals surface area contributed by atoms with Crippen LogP contribution in [0.2, 0.25) is 0 Å². The SMILES string of the molecule is O=COCC(O)COC(=O)N(CCO)CCO. The molecule has 0 saturated carbocycles. The fourth-order valence-corrected chi connectivity index (χ4v) is 0.993. The molecule has 8 nitrogen and oxygen atoms in total. The molecule has 17 heavy (non-hydrogen) atoms. The second kappa shape index (κ2) is 9.82. The molecule has 0 saturated heterocycles. The molecule has 3 N–H and O–H groups in total. The average Bonchev–Trinajstić information content (AvgIpc) is 2.33. The Morgan fingerprint density at radius 2 is 1.82 bits per heavy atom. The van der Waals surface area contributed by atoms with Crippen LogP contribution in [0, 0.1) is 0 Å². The quantitative estimate of drug-likeness (QED) is 0.403. The maximum Gasteiger partial charge on any atom is 0.410 e. The number of hydrogen-bond donors (Lipinski definition) is 3. The normalized spacial score (nSPS) is 11.7. The first-order valence-electron chi connectivity index (χ1n) is 5.02. The fraction of sp³-hybridized carbons (Fsp3) is 0.778. The Hall–Kier alpha value is -1.38. The van der Waals surface area contributed by atoms with Crippen molar-refractivity contribution in [2.24, 2.45) is 0 Å². The Morgan fingerprint density at radius 3 is 2.29 bits per heavy atom. The van der Waals surface area contributed by atoms with Gasteiger partial charge in [0, 0.05) is 13.1 Å². The highest BCUT2D eigenvalue weighted by Crippen LogP contribution is 1.95. The van der Waals surface area contributed by atoms with Gasteiger partial charge in [0.15, 0.2) is 0 Å². The molecular weight excluding hydrogens is 234 g/mol. The van der Waals surface area contributed by atoms with E-state index in [1.807, 2.05) is 0 Å². The number of ether oxygens (including phenoxy) is 2. The van der Waals surface area contributed by atoms with Crippen LogP contribution >= 0.6 is 0 Å². The van der Waals surface area contributed by atoms with Crippen LogP contribution in [0.15, 0.2) is 0 Å². The van der Waals surface area contributed by atoms with Crippen molar-refractivity contribution in [3.63, 3.8) is 0 Å². The van der Waals surface area contributed by atoms with Gasteiger partial charge >= 0.3 is 6.09 Å². The Labute approximate surface area is 98.4 Å². The minimum absolute atomic E-state index is 0.0281. The molecule has 0 rings (SSSR count). The molecule has 100 valence electrons. The van der Waals surface area contributed by atoms with E-state index in [4.69, 9.17) is 10.2 Å². The summed E-state index contributed by atoms with van der Waals surface area (Å²) in [4.78, 5) is 22.3. The topological polar surface area (TPSA) is 117 Å². The predicted molar refractivity (Wildman–Crippen MR) is 55.1 cm³/mol. The van der Waals surface area contributed by atoms with E-state index in [9.17, 15) is 14.7 Å². The first-order valence-corrected chi connectivity index (χ1v) is 5.02. The average molecular weight is 251 g/mol. The van der Waals surface area contributed by atoms with Crippen LogP contribution in [-0.2, 0) is 14.3 Å². The zero-order chi connectivity index (χ0) is 13.1. The number of aliphatic hydroxyl groups is 3. The molecule has 0 aromatic carbocycles. The summed E-state index contributed by atoms with van der Waals surface area (Å²) in [6.45, 7) is -0.885. The minimum Gasteiger partial charge on any atom is -0.465 e. The number of carbonyl (C=O) groups is 2. The summed E-state index contributed by atoms with van der Waals surface area (Å²) in [6.07, 6.45) is -1.87. The molecule has 0 radical (unpaired) electrons. The van der Waals surface area contributed by atoms with Crippen LogP contribution in [-0.4, -0.2) is 78.4 Å². The van der Waals surface area contributed by atoms with E-state index in [0.29, 0.717) is 0 Å². The Bertz CT molecular complexity index is 217. The molecule has 0 aliphatic carbocycles. The van der Waals surface area contributed by atoms with E-state index < -0.39 is 12.2 Å². The van der Waals surface area contributed by atoms with Gasteiger partial charge in [0.2, 0.25) is 0 Å². The van der Waals surface area contributed by atoms with Gasteiger partial charge < -0.3 is 29.7 Å². The summed E-state index contributed by atoms with van der Waals surface area (Å²) < 4.78 is 8.95. The highest BCUT2D eigenvalue weighted by atomic mass is 16.6. The summed E-state index contributed by atoms with van der Waals surface area (Å²) in [7, 11) is 0. The molecule has 1 atom stereocenters. The van der Waals surface area contributed by atoms with Crippen molar-refractivity contribution in [3.8, 4) is 0 Å². The second-order valence-corrected chi connectivity index (χ2v) is 3.09. The summed E-state index contributed by atoms with van der Waals surface area (Å²) >= 11 is 0. The van der Waals surface area contributed by atoms with Gasteiger partial charge in [-0.2, -0.15) is 0 Å². The van der Waals surface area contributed by atoms with Crippen molar-refractivity contribution in [1.29, 1.82) is 0 Å². The van der Waals surface area contributed by atoms with E-state index in [1.165, 1.54) is 0 Å². The molecule has 1 amide bonds. The van der Waals surface area contributed by atoms with E-state index in [0.717, 1.165) is 4.90 Å². The van der Waals surface area contributed by atoms with Gasteiger partial charge in [0.05, 0.1) is 13.2 Å². The van der Waals surface area contributed by atoms with E-state index >= 15 is 0 Å². The maximum absolute atomic E-state index is 11.4. The molecule has 0 heterocycles. The van der Waals surface area contributed by atoms with Gasteiger partial charge in [-0.1, -0.05) is 0 Å². The van der Waals surface area contributed by atoms with Crippen LogP contribution in [0.4, 0.5) is 4.79 Å². The summed E-state index contributed by atoms with van der Waals surface area (Å²) in [5, 5.41) is 26.5. The van der Waals surface area contributed by atoms with Gasteiger partial charge in [-0.3, -0.25) is 4.79 Å². The van der Waals surface area contributed by atoms with Gasteiger partial charge in [0.1, 0.15) is 19.3 Å². The molecule has 1 unspecified atom stereocenters. The number of amides is 1. The summed E-state index contributed by atoms with van der Waals surface area (Å²) in [5.41, 5.74) is 0. The van der Waals surface area contributed by atoms with Crippen molar-refractivity contribution >= 4 is 12.6 Å². The maximum atomic E-state index is 11.4. The zero-order valence-corrected chi connectivity index (χ0v) is 9.32. The van der Waals surface area contributed by atoms with Crippen molar-refractivity contribution in [2.45, 2.75) is 6.10 Å². The number of carbonyl (C=O) groups excluding carboxylic acids is 2. The smallest absolute Gasteiger partial charge is 0.410 e. The Balaban J connectivity index is 3.91. The third kappa shape index (κ3) is 7.50. The van der Waals surface area contributed by atoms with Crippen LogP contribution in [0.3, 0.4) is 0 Å². The predicted octanol–water partition coefficient (Wildman–Crippen LogP) is -2.06. The number of aliphatic hydroxyl groups excluding tert-OH is 3. The van der Waals surface area contributed by atoms with Crippen molar-refractivity contribution in [3.05, 3.63) is 0 Å². The van der Waals surface area contributed by atoms with Crippen molar-refractivity contribution < 1.29 is 34.4 Å². The highest BCUT2D eigenvalue weighted by Gasteiger charge is 2.15. The number of hydrogen-bond acceptors (Lipinski definition) is 7. The van der Waals surface area contributed by atoms with Gasteiger partial charge in [0.25, 0.3) is 6.47 Å². The lowest BCUT2D eigenvalue weighted by Gasteiger charge is -2.20. The second-order valence-electron chi connectivity index (χ2n) is 3.09. The molecule has 0 bridgehead atoms. The van der Waals surface area contributed by atoms with Crippen LogP contribution in [0.25, 0.3) is 0 Å². The number of nitrogens with zero attached hydrogens (tertiary/aromatic N) is 1. The lowest BCUT2D eigenvalue weighted by molar-refractivity contribution is -0.132. The first-order chi connectivity index (χ1) is 8.15. The summed E-state index contributed by atoms with van der Waals surface area (Å²) in [6, 6.07) is 0. The Morgan fingerprint density at radius 1 is 1.24 bits per heavy atom. The molecule has 0 aliphatic heterocycles. The highest BCUT2D eigenvalue weighted by molar-refractivity contribution is 5.67. The van der Waals surface area contributed by atoms with Crippen LogP contribution < -0.4 is 0 Å². The first kappa shape index (κ1) is 15.6. The molecule has 0 aromatic rings. The molecule has 0 aromatic heterocycles. The van der Waals surface area contributed by atoms with Gasteiger partial charge in [-0.25, -0.2) is 4.79 Å². The van der Waals surface area contributed by atoms with Crippen LogP contribution in [0.1, 0.15) is 0 Å². The zero-order valence-electron chi connectivity index (χ0n) is 9.32. The molecule has 0 fully saturated rings. The van der Waals surface area contributed by atoms with E-state index in [-0.39, 0.29) is 46.0 Å². The molecule has 8 heteroatoms.